The number of hydrazine groups is 1. The number of benzene rings is 1. The zero-order valence-electron chi connectivity index (χ0n) is 12.2. The molecule has 2 saturated heterocycles. The molecular formula is C16H23BrN2OS. The second-order valence-corrected chi connectivity index (χ2v) is 8.21. The van der Waals surface area contributed by atoms with Crippen molar-refractivity contribution in [3.05, 3.63) is 34.3 Å². The summed E-state index contributed by atoms with van der Waals surface area (Å²) in [5.41, 5.74) is 4.53. The average Bonchev–Trinajstić information content (AvgIpc) is 2.94. The fourth-order valence-corrected chi connectivity index (χ4v) is 5.15. The van der Waals surface area contributed by atoms with Crippen LogP contribution in [0.4, 0.5) is 0 Å². The molecule has 0 saturated carbocycles. The lowest BCUT2D eigenvalue weighted by molar-refractivity contribution is -0.0850. The summed E-state index contributed by atoms with van der Waals surface area (Å²) in [4.78, 5) is 0. The van der Waals surface area contributed by atoms with Gasteiger partial charge in [0.1, 0.15) is 0 Å². The Labute approximate surface area is 139 Å². The van der Waals surface area contributed by atoms with Gasteiger partial charge < -0.3 is 4.74 Å². The third kappa shape index (κ3) is 3.82. The van der Waals surface area contributed by atoms with Gasteiger partial charge in [-0.1, -0.05) is 28.1 Å². The Morgan fingerprint density at radius 2 is 2.24 bits per heavy atom. The largest absolute Gasteiger partial charge is 0.374 e. The third-order valence-electron chi connectivity index (χ3n) is 4.75. The van der Waals surface area contributed by atoms with Gasteiger partial charge in [-0.15, -0.1) is 0 Å². The molecular weight excluding hydrogens is 348 g/mol. The predicted octanol–water partition coefficient (Wildman–Crippen LogP) is 3.13. The first kappa shape index (κ1) is 15.8. The molecule has 1 spiro atoms. The molecule has 0 radical (unpaired) electrons. The van der Waals surface area contributed by atoms with Crippen molar-refractivity contribution in [1.82, 2.24) is 5.43 Å². The summed E-state index contributed by atoms with van der Waals surface area (Å²) < 4.78 is 7.24. The lowest BCUT2D eigenvalue weighted by Gasteiger charge is -2.40. The van der Waals surface area contributed by atoms with Crippen LogP contribution in [0.1, 0.15) is 24.8 Å². The van der Waals surface area contributed by atoms with Gasteiger partial charge in [0.15, 0.2) is 0 Å². The van der Waals surface area contributed by atoms with Crippen LogP contribution in [-0.4, -0.2) is 29.8 Å². The van der Waals surface area contributed by atoms with Crippen molar-refractivity contribution in [2.24, 2.45) is 11.8 Å². The minimum Gasteiger partial charge on any atom is -0.374 e. The molecule has 3 rings (SSSR count). The molecule has 0 aliphatic carbocycles. The van der Waals surface area contributed by atoms with Gasteiger partial charge in [0.2, 0.25) is 0 Å². The molecule has 3 N–H and O–H groups in total. The Morgan fingerprint density at radius 1 is 1.43 bits per heavy atom. The van der Waals surface area contributed by atoms with E-state index >= 15 is 0 Å². The smallest absolute Gasteiger partial charge is 0.0783 e. The van der Waals surface area contributed by atoms with Crippen LogP contribution in [0.25, 0.3) is 0 Å². The van der Waals surface area contributed by atoms with Crippen LogP contribution in [-0.2, 0) is 11.2 Å². The molecule has 0 aromatic heterocycles. The maximum absolute atomic E-state index is 6.12. The van der Waals surface area contributed by atoms with Crippen molar-refractivity contribution < 1.29 is 4.74 Å². The zero-order valence-corrected chi connectivity index (χ0v) is 14.6. The van der Waals surface area contributed by atoms with Gasteiger partial charge in [-0.2, -0.15) is 11.8 Å². The molecule has 3 nitrogen and oxygen atoms in total. The van der Waals surface area contributed by atoms with Gasteiger partial charge in [0.05, 0.1) is 5.60 Å². The number of nitrogens with one attached hydrogen (secondary N) is 1. The first-order valence-corrected chi connectivity index (χ1v) is 9.58. The molecule has 0 bridgehead atoms. The highest BCUT2D eigenvalue weighted by Gasteiger charge is 2.42. The predicted molar refractivity (Wildman–Crippen MR) is 92.3 cm³/mol. The molecule has 3 atom stereocenters. The van der Waals surface area contributed by atoms with Crippen molar-refractivity contribution in [2.45, 2.75) is 37.3 Å². The van der Waals surface area contributed by atoms with E-state index in [0.29, 0.717) is 12.0 Å². The fraction of sp³-hybridized carbons (Fsp3) is 0.625. The third-order valence-corrected chi connectivity index (χ3v) is 6.50. The lowest BCUT2D eigenvalue weighted by Crippen LogP contribution is -2.49. The maximum atomic E-state index is 6.12. The van der Waals surface area contributed by atoms with Crippen LogP contribution >= 0.6 is 27.7 Å². The molecule has 2 aliphatic heterocycles. The molecule has 1 aromatic rings. The Kier molecular flexibility index (Phi) is 5.27. The lowest BCUT2D eigenvalue weighted by atomic mass is 9.79. The highest BCUT2D eigenvalue weighted by Crippen LogP contribution is 2.41. The molecule has 2 fully saturated rings. The minimum absolute atomic E-state index is 0.127. The summed E-state index contributed by atoms with van der Waals surface area (Å²) in [6.07, 6.45) is 4.44. The van der Waals surface area contributed by atoms with Gasteiger partial charge in [0.25, 0.3) is 0 Å². The van der Waals surface area contributed by atoms with Crippen LogP contribution in [0.3, 0.4) is 0 Å². The standard InChI is InChI=1S/C16H23BrN2OS/c17-14-3-1-12(2-4-14)9-15(19-18)13-5-7-20-16(10-13)6-8-21-11-16/h1-4,13,15,19H,5-11,18H2. The van der Waals surface area contributed by atoms with E-state index in [-0.39, 0.29) is 5.60 Å². The molecule has 3 unspecified atom stereocenters. The van der Waals surface area contributed by atoms with Crippen molar-refractivity contribution in [1.29, 1.82) is 0 Å². The first-order valence-electron chi connectivity index (χ1n) is 7.63. The summed E-state index contributed by atoms with van der Waals surface area (Å²) in [7, 11) is 0. The molecule has 1 aromatic carbocycles. The SMILES string of the molecule is NNC(Cc1ccc(Br)cc1)C1CCOC2(CCSC2)C1. The Bertz CT molecular complexity index is 462. The molecule has 21 heavy (non-hydrogen) atoms. The summed E-state index contributed by atoms with van der Waals surface area (Å²) >= 11 is 5.51. The molecule has 116 valence electrons. The monoisotopic (exact) mass is 370 g/mol. The van der Waals surface area contributed by atoms with E-state index < -0.39 is 0 Å². The Morgan fingerprint density at radius 3 is 2.90 bits per heavy atom. The van der Waals surface area contributed by atoms with Gasteiger partial charge in [-0.05, 0) is 55.1 Å². The van der Waals surface area contributed by atoms with Gasteiger partial charge in [-0.3, -0.25) is 11.3 Å². The van der Waals surface area contributed by atoms with Crippen molar-refractivity contribution in [2.75, 3.05) is 18.1 Å². The second-order valence-electron chi connectivity index (χ2n) is 6.19. The van der Waals surface area contributed by atoms with Crippen molar-refractivity contribution in [3.63, 3.8) is 0 Å². The van der Waals surface area contributed by atoms with E-state index in [0.717, 1.165) is 36.1 Å². The van der Waals surface area contributed by atoms with Gasteiger partial charge >= 0.3 is 0 Å². The number of nitrogens with two attached hydrogens (primary N) is 1. The molecule has 2 heterocycles. The Balaban J connectivity index is 1.66. The Hall–Kier alpha value is -0.0700. The van der Waals surface area contributed by atoms with E-state index in [2.05, 4.69) is 45.6 Å². The normalized spacial score (nSPS) is 30.7. The van der Waals surface area contributed by atoms with Crippen LogP contribution < -0.4 is 11.3 Å². The van der Waals surface area contributed by atoms with Gasteiger partial charge in [-0.25, -0.2) is 0 Å². The number of hydrogen-bond acceptors (Lipinski definition) is 4. The van der Waals surface area contributed by atoms with Crippen LogP contribution in [0, 0.1) is 5.92 Å². The number of hydrogen-bond donors (Lipinski definition) is 2. The topological polar surface area (TPSA) is 47.3 Å². The highest BCUT2D eigenvalue weighted by atomic mass is 79.9. The van der Waals surface area contributed by atoms with E-state index in [1.807, 2.05) is 11.8 Å². The summed E-state index contributed by atoms with van der Waals surface area (Å²) in [6.45, 7) is 0.879. The quantitative estimate of drug-likeness (QED) is 0.631. The number of rotatable bonds is 4. The molecule has 0 amide bonds. The summed E-state index contributed by atoms with van der Waals surface area (Å²) in [6, 6.07) is 8.88. The zero-order chi connectivity index (χ0) is 14.7. The first-order chi connectivity index (χ1) is 10.2. The van der Waals surface area contributed by atoms with E-state index in [4.69, 9.17) is 10.6 Å². The summed E-state index contributed by atoms with van der Waals surface area (Å²) in [5.74, 6) is 8.85. The van der Waals surface area contributed by atoms with E-state index in [1.54, 1.807) is 0 Å². The minimum atomic E-state index is 0.127. The van der Waals surface area contributed by atoms with Crippen molar-refractivity contribution >= 4 is 27.7 Å². The van der Waals surface area contributed by atoms with Crippen LogP contribution in [0.15, 0.2) is 28.7 Å². The van der Waals surface area contributed by atoms with Crippen LogP contribution in [0.2, 0.25) is 0 Å². The maximum Gasteiger partial charge on any atom is 0.0783 e. The summed E-state index contributed by atoms with van der Waals surface area (Å²) in [5, 5.41) is 0. The number of ether oxygens (including phenoxy) is 1. The number of thioether (sulfide) groups is 1. The van der Waals surface area contributed by atoms with Gasteiger partial charge in [0, 0.05) is 22.9 Å². The number of halogens is 1. The average molecular weight is 371 g/mol. The molecule has 2 aliphatic rings. The fourth-order valence-electron chi connectivity index (χ4n) is 3.51. The van der Waals surface area contributed by atoms with E-state index in [1.165, 1.54) is 17.7 Å². The van der Waals surface area contributed by atoms with Crippen LogP contribution in [0.5, 0.6) is 0 Å². The van der Waals surface area contributed by atoms with Crippen molar-refractivity contribution in [3.8, 4) is 0 Å². The molecule has 5 heteroatoms. The highest BCUT2D eigenvalue weighted by molar-refractivity contribution is 9.10. The van der Waals surface area contributed by atoms with E-state index in [9.17, 15) is 0 Å². The second kappa shape index (κ2) is 7.01.